The maximum atomic E-state index is 13.8. The van der Waals surface area contributed by atoms with Gasteiger partial charge in [0.05, 0.1) is 17.0 Å². The predicted octanol–water partition coefficient (Wildman–Crippen LogP) is 0.815. The van der Waals surface area contributed by atoms with Gasteiger partial charge in [0, 0.05) is 13.1 Å². The number of nitrogens with one attached hydrogen (secondary N) is 1. The average molecular weight is 311 g/mol. The first-order valence-corrected chi connectivity index (χ1v) is 8.27. The van der Waals surface area contributed by atoms with Crippen molar-refractivity contribution in [2.75, 3.05) is 19.6 Å². The van der Waals surface area contributed by atoms with Crippen LogP contribution in [0, 0.1) is 17.7 Å². The summed E-state index contributed by atoms with van der Waals surface area (Å²) in [6.45, 7) is 1.46. The van der Waals surface area contributed by atoms with Crippen molar-refractivity contribution in [1.29, 1.82) is 0 Å². The van der Waals surface area contributed by atoms with E-state index in [4.69, 9.17) is 5.73 Å². The van der Waals surface area contributed by atoms with Gasteiger partial charge in [-0.05, 0) is 31.0 Å². The Morgan fingerprint density at radius 1 is 1.29 bits per heavy atom. The predicted molar refractivity (Wildman–Crippen MR) is 78.1 cm³/mol. The second-order valence-corrected chi connectivity index (χ2v) is 6.45. The second-order valence-electron chi connectivity index (χ2n) is 4.79. The number of sulfonamides is 1. The number of nitrogens with zero attached hydrogens (tertiary/aromatic N) is 1. The van der Waals surface area contributed by atoms with Gasteiger partial charge >= 0.3 is 0 Å². The van der Waals surface area contributed by atoms with Crippen LogP contribution in [0.4, 0.5) is 4.39 Å². The van der Waals surface area contributed by atoms with Crippen molar-refractivity contribution in [3.05, 3.63) is 29.6 Å². The van der Waals surface area contributed by atoms with Crippen LogP contribution in [0.3, 0.4) is 0 Å². The molecule has 0 spiro atoms. The van der Waals surface area contributed by atoms with Crippen LogP contribution >= 0.6 is 0 Å². The third-order valence-electron chi connectivity index (χ3n) is 3.18. The highest BCUT2D eigenvalue weighted by molar-refractivity contribution is 7.89. The third-order valence-corrected chi connectivity index (χ3v) is 4.55. The third kappa shape index (κ3) is 4.25. The first kappa shape index (κ1) is 15.9. The van der Waals surface area contributed by atoms with Crippen LogP contribution in [0.5, 0.6) is 0 Å². The summed E-state index contributed by atoms with van der Waals surface area (Å²) in [6, 6.07) is 3.67. The molecule has 0 aliphatic carbocycles. The van der Waals surface area contributed by atoms with Crippen LogP contribution in [0.15, 0.2) is 23.1 Å². The SMILES string of the molecule is NCC#Cc1ccc(S(=O)(=O)NN2CCCCC2)cc1F. The van der Waals surface area contributed by atoms with Gasteiger partial charge in [0.2, 0.25) is 0 Å². The Labute approximate surface area is 124 Å². The summed E-state index contributed by atoms with van der Waals surface area (Å²) in [6.07, 6.45) is 3.00. The summed E-state index contributed by atoms with van der Waals surface area (Å²) in [4.78, 5) is 2.38. The van der Waals surface area contributed by atoms with Gasteiger partial charge in [0.1, 0.15) is 5.82 Å². The number of hydrazine groups is 1. The van der Waals surface area contributed by atoms with E-state index < -0.39 is 15.8 Å². The molecule has 3 N–H and O–H groups in total. The van der Waals surface area contributed by atoms with E-state index in [1.807, 2.05) is 0 Å². The Hall–Kier alpha value is -1.46. The molecule has 0 aromatic heterocycles. The summed E-state index contributed by atoms with van der Waals surface area (Å²) >= 11 is 0. The molecule has 0 atom stereocenters. The molecule has 1 saturated heterocycles. The molecular formula is C14H18FN3O2S. The fourth-order valence-corrected chi connectivity index (χ4v) is 3.25. The van der Waals surface area contributed by atoms with Crippen LogP contribution in [0.1, 0.15) is 24.8 Å². The Bertz CT molecular complexity index is 659. The van der Waals surface area contributed by atoms with Gasteiger partial charge < -0.3 is 5.73 Å². The molecule has 21 heavy (non-hydrogen) atoms. The van der Waals surface area contributed by atoms with Crippen molar-refractivity contribution in [1.82, 2.24) is 9.84 Å². The Morgan fingerprint density at radius 3 is 2.62 bits per heavy atom. The average Bonchev–Trinajstić information content (AvgIpc) is 2.46. The van der Waals surface area contributed by atoms with Gasteiger partial charge in [0.15, 0.2) is 0 Å². The van der Waals surface area contributed by atoms with E-state index in [-0.39, 0.29) is 17.0 Å². The normalized spacial score (nSPS) is 16.3. The second kappa shape index (κ2) is 7.00. The van der Waals surface area contributed by atoms with E-state index in [9.17, 15) is 12.8 Å². The van der Waals surface area contributed by atoms with Crippen molar-refractivity contribution in [2.45, 2.75) is 24.2 Å². The number of hydrogen-bond acceptors (Lipinski definition) is 4. The van der Waals surface area contributed by atoms with Crippen molar-refractivity contribution in [3.63, 3.8) is 0 Å². The summed E-state index contributed by atoms with van der Waals surface area (Å²) in [5.74, 6) is 4.42. The van der Waals surface area contributed by atoms with E-state index in [1.165, 1.54) is 12.1 Å². The number of piperidine rings is 1. The molecule has 0 radical (unpaired) electrons. The lowest BCUT2D eigenvalue weighted by molar-refractivity contribution is 0.200. The summed E-state index contributed by atoms with van der Waals surface area (Å²) < 4.78 is 38.2. The molecule has 0 saturated carbocycles. The van der Waals surface area contributed by atoms with Gasteiger partial charge in [-0.25, -0.2) is 17.8 Å². The van der Waals surface area contributed by atoms with E-state index in [2.05, 4.69) is 16.7 Å². The minimum Gasteiger partial charge on any atom is -0.320 e. The minimum absolute atomic E-state index is 0.108. The number of hydrogen-bond donors (Lipinski definition) is 2. The molecule has 1 aromatic rings. The quantitative estimate of drug-likeness (QED) is 0.810. The molecule has 0 amide bonds. The van der Waals surface area contributed by atoms with Gasteiger partial charge in [0.25, 0.3) is 10.0 Å². The molecule has 114 valence electrons. The fourth-order valence-electron chi connectivity index (χ4n) is 2.12. The van der Waals surface area contributed by atoms with Crippen molar-refractivity contribution in [3.8, 4) is 11.8 Å². The molecule has 7 heteroatoms. The van der Waals surface area contributed by atoms with E-state index in [0.717, 1.165) is 25.3 Å². The monoisotopic (exact) mass is 311 g/mol. The van der Waals surface area contributed by atoms with Crippen molar-refractivity contribution < 1.29 is 12.8 Å². The zero-order valence-corrected chi connectivity index (χ0v) is 12.4. The lowest BCUT2D eigenvalue weighted by Gasteiger charge is -2.26. The zero-order chi connectivity index (χ0) is 15.3. The van der Waals surface area contributed by atoms with Crippen molar-refractivity contribution in [2.24, 2.45) is 5.73 Å². The van der Waals surface area contributed by atoms with E-state index in [0.29, 0.717) is 13.1 Å². The summed E-state index contributed by atoms with van der Waals surface area (Å²) in [7, 11) is -3.76. The summed E-state index contributed by atoms with van der Waals surface area (Å²) in [5, 5.41) is 1.65. The van der Waals surface area contributed by atoms with E-state index in [1.54, 1.807) is 5.01 Å². The molecule has 2 rings (SSSR count). The molecule has 0 unspecified atom stereocenters. The maximum absolute atomic E-state index is 13.8. The van der Waals surface area contributed by atoms with Crippen LogP contribution in [0.25, 0.3) is 0 Å². The molecule has 1 fully saturated rings. The standard InChI is InChI=1S/C14H18FN3O2S/c15-14-11-13(7-6-12(14)5-4-8-16)21(19,20)17-18-9-2-1-3-10-18/h6-7,11,17H,1-3,8-10,16H2. The first-order chi connectivity index (χ1) is 10.0. The molecule has 5 nitrogen and oxygen atoms in total. The summed E-state index contributed by atoms with van der Waals surface area (Å²) in [5.41, 5.74) is 5.36. The smallest absolute Gasteiger partial charge is 0.253 e. The fraction of sp³-hybridized carbons (Fsp3) is 0.429. The topological polar surface area (TPSA) is 75.4 Å². The highest BCUT2D eigenvalue weighted by Gasteiger charge is 2.20. The van der Waals surface area contributed by atoms with Crippen LogP contribution in [0.2, 0.25) is 0 Å². The van der Waals surface area contributed by atoms with Gasteiger partial charge in [-0.2, -0.15) is 0 Å². The van der Waals surface area contributed by atoms with Crippen LogP contribution < -0.4 is 10.6 Å². The lowest BCUT2D eigenvalue weighted by atomic mass is 10.2. The lowest BCUT2D eigenvalue weighted by Crippen LogP contribution is -2.44. The van der Waals surface area contributed by atoms with Crippen LogP contribution in [-0.4, -0.2) is 33.1 Å². The molecule has 1 aliphatic heterocycles. The zero-order valence-electron chi connectivity index (χ0n) is 11.6. The largest absolute Gasteiger partial charge is 0.320 e. The van der Waals surface area contributed by atoms with Gasteiger partial charge in [-0.15, -0.1) is 4.83 Å². The number of nitrogens with two attached hydrogens (primary N) is 1. The molecule has 1 aromatic carbocycles. The Kier molecular flexibility index (Phi) is 5.31. The van der Waals surface area contributed by atoms with Gasteiger partial charge in [-0.3, -0.25) is 0 Å². The number of halogens is 1. The first-order valence-electron chi connectivity index (χ1n) is 6.79. The van der Waals surface area contributed by atoms with E-state index >= 15 is 0 Å². The Balaban J connectivity index is 2.18. The number of benzene rings is 1. The molecule has 0 bridgehead atoms. The minimum atomic E-state index is -3.76. The Morgan fingerprint density at radius 2 is 2.00 bits per heavy atom. The van der Waals surface area contributed by atoms with Gasteiger partial charge in [-0.1, -0.05) is 18.3 Å². The van der Waals surface area contributed by atoms with Crippen LogP contribution in [-0.2, 0) is 10.0 Å². The van der Waals surface area contributed by atoms with Crippen molar-refractivity contribution >= 4 is 10.0 Å². The molecule has 1 heterocycles. The highest BCUT2D eigenvalue weighted by Crippen LogP contribution is 2.16. The number of rotatable bonds is 3. The molecular weight excluding hydrogens is 293 g/mol. The highest BCUT2D eigenvalue weighted by atomic mass is 32.2. The maximum Gasteiger partial charge on any atom is 0.253 e. The molecule has 1 aliphatic rings.